The van der Waals surface area contributed by atoms with E-state index in [9.17, 15) is 0 Å². The van der Waals surface area contributed by atoms with E-state index in [1.807, 2.05) is 194 Å². The smallest absolute Gasteiger partial charge is 0.0395 e. The molecule has 2 unspecified atom stereocenters. The van der Waals surface area contributed by atoms with Crippen LogP contribution in [0.2, 0.25) is 0 Å². The third-order valence-corrected chi connectivity index (χ3v) is 3.89. The Labute approximate surface area is 307 Å². The Balaban J connectivity index is -0.0000000186. The molecule has 0 saturated heterocycles. The Morgan fingerprint density at radius 2 is 0.457 bits per heavy atom. The molecule has 0 bridgehead atoms. The van der Waals surface area contributed by atoms with Gasteiger partial charge >= 0.3 is 0 Å². The van der Waals surface area contributed by atoms with Crippen LogP contribution < -0.4 is 0 Å². The predicted molar refractivity (Wildman–Crippen MR) is 243 cm³/mol. The quantitative estimate of drug-likeness (QED) is 0.293. The van der Waals surface area contributed by atoms with Crippen LogP contribution in [-0.2, 0) is 0 Å². The Bertz CT molecular complexity index is 270. The van der Waals surface area contributed by atoms with Crippen molar-refractivity contribution < 1.29 is 0 Å². The zero-order valence-corrected chi connectivity index (χ0v) is 41.3. The molecule has 2 atom stereocenters. The van der Waals surface area contributed by atoms with Crippen LogP contribution in [0, 0.1) is 25.7 Å². The first-order valence-electron chi connectivity index (χ1n) is 21.5. The highest BCUT2D eigenvalue weighted by Gasteiger charge is 2.08. The molecule has 300 valence electrons. The van der Waals surface area contributed by atoms with E-state index in [2.05, 4.69) is 65.8 Å². The van der Waals surface area contributed by atoms with Gasteiger partial charge in [-0.15, -0.1) is 0 Å². The standard InChI is InChI=1S/C10H22.C8H10.14C2H6/c1-5-7-9(3)10(4)8-6-2;1-7-5-3-4-6-8(7)2;14*1-2/h9-10H,5-8H2,1-4H3;3-6H,1-2H3;14*1-2H3. The summed E-state index contributed by atoms with van der Waals surface area (Å²) in [7, 11) is 0. The van der Waals surface area contributed by atoms with Gasteiger partial charge in [-0.25, -0.2) is 0 Å². The second-order valence-corrected chi connectivity index (χ2v) is 5.62. The SMILES string of the molecule is CC.CC.CC.CC.CC.CC.CC.CC.CC.CC.CC.CC.CC.CC.CCCC(C)C(C)CCC.Cc1ccccc1C. The fourth-order valence-electron chi connectivity index (χ4n) is 2.14. The molecule has 0 aliphatic heterocycles. The number of hydrogen-bond donors (Lipinski definition) is 0. The highest BCUT2D eigenvalue weighted by molar-refractivity contribution is 5.23. The summed E-state index contributed by atoms with van der Waals surface area (Å²) >= 11 is 0. The van der Waals surface area contributed by atoms with Gasteiger partial charge in [0.2, 0.25) is 0 Å². The number of aryl methyl sites for hydroxylation is 2. The first kappa shape index (κ1) is 96.8. The summed E-state index contributed by atoms with van der Waals surface area (Å²) in [6, 6.07) is 8.36. The van der Waals surface area contributed by atoms with Crippen LogP contribution in [0.5, 0.6) is 0 Å². The minimum atomic E-state index is 0.935. The molecule has 0 fully saturated rings. The highest BCUT2D eigenvalue weighted by atomic mass is 14.1. The van der Waals surface area contributed by atoms with Crippen LogP contribution in [-0.4, -0.2) is 0 Å². The minimum absolute atomic E-state index is 0.935. The van der Waals surface area contributed by atoms with Crippen molar-refractivity contribution in [2.24, 2.45) is 11.8 Å². The van der Waals surface area contributed by atoms with E-state index in [0.717, 1.165) is 11.8 Å². The van der Waals surface area contributed by atoms with Crippen LogP contribution >= 0.6 is 0 Å². The summed E-state index contributed by atoms with van der Waals surface area (Å²) in [4.78, 5) is 0. The van der Waals surface area contributed by atoms with E-state index < -0.39 is 0 Å². The van der Waals surface area contributed by atoms with Crippen LogP contribution in [0.4, 0.5) is 0 Å². The van der Waals surface area contributed by atoms with Crippen molar-refractivity contribution in [3.8, 4) is 0 Å². The van der Waals surface area contributed by atoms with Gasteiger partial charge < -0.3 is 0 Å². The largest absolute Gasteiger partial charge is 0.0683 e. The van der Waals surface area contributed by atoms with Gasteiger partial charge in [-0.1, -0.05) is 272 Å². The van der Waals surface area contributed by atoms with Crippen LogP contribution in [0.3, 0.4) is 0 Å². The van der Waals surface area contributed by atoms with Crippen LogP contribution in [0.15, 0.2) is 24.3 Å². The number of benzene rings is 1. The van der Waals surface area contributed by atoms with E-state index in [4.69, 9.17) is 0 Å². The molecule has 0 nitrogen and oxygen atoms in total. The summed E-state index contributed by atoms with van der Waals surface area (Å²) in [5, 5.41) is 0. The molecular weight excluding hydrogens is 553 g/mol. The second-order valence-electron chi connectivity index (χ2n) is 5.62. The first-order valence-corrected chi connectivity index (χ1v) is 21.5. The maximum Gasteiger partial charge on any atom is -0.0395 e. The molecule has 0 aliphatic carbocycles. The van der Waals surface area contributed by atoms with Crippen molar-refractivity contribution in [2.45, 2.75) is 261 Å². The molecule has 0 amide bonds. The van der Waals surface area contributed by atoms with Crippen molar-refractivity contribution in [3.05, 3.63) is 35.4 Å². The lowest BCUT2D eigenvalue weighted by Gasteiger charge is -2.17. The van der Waals surface area contributed by atoms with Gasteiger partial charge in [0.05, 0.1) is 0 Å². The molecule has 0 aromatic heterocycles. The second kappa shape index (κ2) is 224. The van der Waals surface area contributed by atoms with E-state index in [1.54, 1.807) is 0 Å². The molecule has 0 N–H and O–H groups in total. The molecule has 1 rings (SSSR count). The average molecular weight is 669 g/mol. The molecule has 46 heavy (non-hydrogen) atoms. The minimum Gasteiger partial charge on any atom is -0.0683 e. The van der Waals surface area contributed by atoms with Gasteiger partial charge in [-0.05, 0) is 36.8 Å². The third-order valence-electron chi connectivity index (χ3n) is 3.89. The molecule has 0 heteroatoms. The third kappa shape index (κ3) is 188. The highest BCUT2D eigenvalue weighted by Crippen LogP contribution is 2.20. The van der Waals surface area contributed by atoms with Crippen molar-refractivity contribution in [2.75, 3.05) is 0 Å². The van der Waals surface area contributed by atoms with Gasteiger partial charge in [0, 0.05) is 0 Å². The van der Waals surface area contributed by atoms with E-state index >= 15 is 0 Å². The summed E-state index contributed by atoms with van der Waals surface area (Å²) in [6.07, 6.45) is 5.49. The van der Waals surface area contributed by atoms with Gasteiger partial charge in [-0.2, -0.15) is 0 Å². The lowest BCUT2D eigenvalue weighted by molar-refractivity contribution is 0.339. The average Bonchev–Trinajstić information content (AvgIpc) is 3.21. The van der Waals surface area contributed by atoms with E-state index in [-0.39, 0.29) is 0 Å². The monoisotopic (exact) mass is 669 g/mol. The molecule has 0 aliphatic rings. The fraction of sp³-hybridized carbons (Fsp3) is 0.870. The van der Waals surface area contributed by atoms with E-state index in [0.29, 0.717) is 0 Å². The predicted octanol–water partition coefficient (Wildman–Crippen LogP) is 20.5. The lowest BCUT2D eigenvalue weighted by atomic mass is 9.89. The Kier molecular flexibility index (Phi) is 471. The van der Waals surface area contributed by atoms with Crippen LogP contribution in [0.25, 0.3) is 0 Å². The topological polar surface area (TPSA) is 0 Å². The zero-order valence-electron chi connectivity index (χ0n) is 41.3. The zero-order chi connectivity index (χ0) is 42.0. The van der Waals surface area contributed by atoms with Crippen molar-refractivity contribution in [1.29, 1.82) is 0 Å². The van der Waals surface area contributed by atoms with Gasteiger partial charge in [0.25, 0.3) is 0 Å². The molecule has 0 radical (unpaired) electrons. The fourth-order valence-corrected chi connectivity index (χ4v) is 2.14. The molecule has 1 aromatic rings. The summed E-state index contributed by atoms with van der Waals surface area (Å²) in [5.74, 6) is 1.87. The Morgan fingerprint density at radius 1 is 0.326 bits per heavy atom. The van der Waals surface area contributed by atoms with Gasteiger partial charge in [0.1, 0.15) is 0 Å². The maximum atomic E-state index is 2.38. The molecule has 0 saturated carbocycles. The molecule has 1 aromatic carbocycles. The van der Waals surface area contributed by atoms with Gasteiger partial charge in [0.15, 0.2) is 0 Å². The van der Waals surface area contributed by atoms with Crippen LogP contribution in [0.1, 0.15) is 258 Å². The number of hydrogen-bond acceptors (Lipinski definition) is 0. The van der Waals surface area contributed by atoms with E-state index in [1.165, 1.54) is 36.8 Å². The number of rotatable bonds is 5. The van der Waals surface area contributed by atoms with Crippen molar-refractivity contribution in [1.82, 2.24) is 0 Å². The maximum absolute atomic E-state index is 2.38. The van der Waals surface area contributed by atoms with Crippen molar-refractivity contribution in [3.63, 3.8) is 0 Å². The normalized spacial score (nSPS) is 7.09. The summed E-state index contributed by atoms with van der Waals surface area (Å²) < 4.78 is 0. The van der Waals surface area contributed by atoms with Crippen molar-refractivity contribution >= 4 is 0 Å². The molecule has 0 heterocycles. The summed E-state index contributed by atoms with van der Waals surface area (Å²) in [6.45, 7) is 69.5. The lowest BCUT2D eigenvalue weighted by Crippen LogP contribution is -2.06. The first-order chi connectivity index (χ1) is 22.5. The Hall–Kier alpha value is -0.780. The molecule has 0 spiro atoms. The van der Waals surface area contributed by atoms with Gasteiger partial charge in [-0.3, -0.25) is 0 Å². The summed E-state index contributed by atoms with van der Waals surface area (Å²) in [5.41, 5.74) is 2.74. The Morgan fingerprint density at radius 3 is 0.543 bits per heavy atom. The molecular formula is C46H116.